The Labute approximate surface area is 182 Å². The van der Waals surface area contributed by atoms with Crippen molar-refractivity contribution < 1.29 is 4.39 Å². The van der Waals surface area contributed by atoms with E-state index in [-0.39, 0.29) is 29.8 Å². The van der Waals surface area contributed by atoms with Crippen LogP contribution in [0.4, 0.5) is 4.39 Å². The van der Waals surface area contributed by atoms with Gasteiger partial charge in [0.25, 0.3) is 0 Å². The minimum atomic E-state index is -0.202. The van der Waals surface area contributed by atoms with Crippen LogP contribution in [0.3, 0.4) is 0 Å². The van der Waals surface area contributed by atoms with Crippen molar-refractivity contribution in [2.45, 2.75) is 19.5 Å². The lowest BCUT2D eigenvalue weighted by molar-refractivity contribution is 0.625. The van der Waals surface area contributed by atoms with E-state index in [0.717, 1.165) is 24.5 Å². The van der Waals surface area contributed by atoms with Gasteiger partial charge in [-0.2, -0.15) is 0 Å². The van der Waals surface area contributed by atoms with Gasteiger partial charge in [0.1, 0.15) is 5.82 Å². The minimum Gasteiger partial charge on any atom is -0.356 e. The summed E-state index contributed by atoms with van der Waals surface area (Å²) in [5.74, 6) is 0.528. The summed E-state index contributed by atoms with van der Waals surface area (Å²) in [4.78, 5) is 8.29. The third-order valence-electron chi connectivity index (χ3n) is 4.23. The second-order valence-corrected chi connectivity index (χ2v) is 6.28. The van der Waals surface area contributed by atoms with Gasteiger partial charge in [-0.1, -0.05) is 36.4 Å². The van der Waals surface area contributed by atoms with Crippen molar-refractivity contribution in [3.63, 3.8) is 0 Å². The van der Waals surface area contributed by atoms with E-state index in [4.69, 9.17) is 0 Å². The van der Waals surface area contributed by atoms with E-state index < -0.39 is 0 Å². The summed E-state index contributed by atoms with van der Waals surface area (Å²) < 4.78 is 15.2. The maximum Gasteiger partial charge on any atom is 0.191 e. The summed E-state index contributed by atoms with van der Waals surface area (Å²) in [7, 11) is 1.74. The van der Waals surface area contributed by atoms with Gasteiger partial charge in [-0.05, 0) is 35.2 Å². The Bertz CT molecular complexity index is 863. The number of hydrogen-bond donors (Lipinski definition) is 2. The zero-order chi connectivity index (χ0) is 18.9. The SMILES string of the molecule is CN=C(NCCc1cccc(F)c1)NCc1ccc(Cn2ccnc2)cc1.I. The zero-order valence-electron chi connectivity index (χ0n) is 15.8. The Kier molecular flexibility index (Phi) is 8.93. The molecular weight excluding hydrogens is 468 g/mol. The van der Waals surface area contributed by atoms with Crippen LogP contribution in [-0.4, -0.2) is 29.1 Å². The molecule has 148 valence electrons. The molecule has 7 heteroatoms. The third kappa shape index (κ3) is 6.95. The smallest absolute Gasteiger partial charge is 0.191 e. The fourth-order valence-corrected chi connectivity index (χ4v) is 2.78. The molecule has 2 aromatic carbocycles. The van der Waals surface area contributed by atoms with Gasteiger partial charge in [-0.3, -0.25) is 4.99 Å². The number of nitrogens with one attached hydrogen (secondary N) is 2. The van der Waals surface area contributed by atoms with Gasteiger partial charge in [-0.15, -0.1) is 24.0 Å². The van der Waals surface area contributed by atoms with Crippen molar-refractivity contribution in [3.05, 3.63) is 89.8 Å². The van der Waals surface area contributed by atoms with Crippen LogP contribution in [0, 0.1) is 5.82 Å². The normalized spacial score (nSPS) is 11.0. The number of benzene rings is 2. The van der Waals surface area contributed by atoms with Crippen LogP contribution in [0.2, 0.25) is 0 Å². The maximum absolute atomic E-state index is 13.2. The highest BCUT2D eigenvalue weighted by molar-refractivity contribution is 14.0. The molecule has 0 unspecified atom stereocenters. The molecular formula is C21H25FIN5. The van der Waals surface area contributed by atoms with Crippen molar-refractivity contribution in [3.8, 4) is 0 Å². The van der Waals surface area contributed by atoms with Crippen molar-refractivity contribution in [2.24, 2.45) is 4.99 Å². The molecule has 0 saturated carbocycles. The van der Waals surface area contributed by atoms with Crippen LogP contribution in [0.15, 0.2) is 72.2 Å². The molecule has 2 N–H and O–H groups in total. The largest absolute Gasteiger partial charge is 0.356 e. The van der Waals surface area contributed by atoms with Crippen molar-refractivity contribution in [1.29, 1.82) is 0 Å². The quantitative estimate of drug-likeness (QED) is 0.301. The minimum absolute atomic E-state index is 0. The van der Waals surface area contributed by atoms with Crippen LogP contribution in [-0.2, 0) is 19.5 Å². The molecule has 0 saturated heterocycles. The number of halogens is 2. The van der Waals surface area contributed by atoms with E-state index in [1.807, 2.05) is 23.2 Å². The summed E-state index contributed by atoms with van der Waals surface area (Å²) in [6.07, 6.45) is 6.29. The molecule has 0 spiro atoms. The van der Waals surface area contributed by atoms with Crippen LogP contribution in [0.1, 0.15) is 16.7 Å². The van der Waals surface area contributed by atoms with E-state index in [1.54, 1.807) is 25.4 Å². The number of hydrogen-bond acceptors (Lipinski definition) is 2. The van der Waals surface area contributed by atoms with Gasteiger partial charge in [0.05, 0.1) is 6.33 Å². The van der Waals surface area contributed by atoms with Crippen LogP contribution >= 0.6 is 24.0 Å². The topological polar surface area (TPSA) is 54.2 Å². The van der Waals surface area contributed by atoms with Gasteiger partial charge >= 0.3 is 0 Å². The van der Waals surface area contributed by atoms with E-state index in [9.17, 15) is 4.39 Å². The average Bonchev–Trinajstić information content (AvgIpc) is 3.19. The molecule has 28 heavy (non-hydrogen) atoms. The zero-order valence-corrected chi connectivity index (χ0v) is 18.1. The molecule has 0 aliphatic rings. The Morgan fingerprint density at radius 1 is 1.07 bits per heavy atom. The summed E-state index contributed by atoms with van der Waals surface area (Å²) in [5.41, 5.74) is 3.37. The van der Waals surface area contributed by atoms with Gasteiger partial charge in [0, 0.05) is 39.1 Å². The highest BCUT2D eigenvalue weighted by atomic mass is 127. The summed E-state index contributed by atoms with van der Waals surface area (Å²) in [6, 6.07) is 15.1. The van der Waals surface area contributed by atoms with E-state index in [0.29, 0.717) is 13.1 Å². The molecule has 5 nitrogen and oxygen atoms in total. The van der Waals surface area contributed by atoms with E-state index in [2.05, 4.69) is 44.9 Å². The van der Waals surface area contributed by atoms with Gasteiger partial charge in [-0.25, -0.2) is 9.37 Å². The molecule has 1 aromatic heterocycles. The van der Waals surface area contributed by atoms with Gasteiger partial charge in [0.2, 0.25) is 0 Å². The number of aromatic nitrogens is 2. The molecule has 0 bridgehead atoms. The van der Waals surface area contributed by atoms with Crippen LogP contribution in [0.25, 0.3) is 0 Å². The standard InChI is InChI=1S/C21H24FN5.HI/c1-23-21(25-10-9-17-3-2-4-20(22)13-17)26-14-18-5-7-19(8-6-18)15-27-12-11-24-16-27;/h2-8,11-13,16H,9-10,14-15H2,1H3,(H2,23,25,26);1H. The number of rotatable bonds is 7. The second kappa shape index (κ2) is 11.4. The Hall–Kier alpha value is -2.42. The molecule has 0 fully saturated rings. The first-order chi connectivity index (χ1) is 13.2. The fraction of sp³-hybridized carbons (Fsp3) is 0.238. The molecule has 0 atom stereocenters. The lowest BCUT2D eigenvalue weighted by atomic mass is 10.1. The lowest BCUT2D eigenvalue weighted by Crippen LogP contribution is -2.37. The summed E-state index contributed by atoms with van der Waals surface area (Å²) in [5, 5.41) is 6.55. The average molecular weight is 493 g/mol. The second-order valence-electron chi connectivity index (χ2n) is 6.28. The fourth-order valence-electron chi connectivity index (χ4n) is 2.78. The molecule has 0 aliphatic carbocycles. The Morgan fingerprint density at radius 3 is 2.54 bits per heavy atom. The lowest BCUT2D eigenvalue weighted by Gasteiger charge is -2.12. The van der Waals surface area contributed by atoms with Crippen molar-refractivity contribution in [2.75, 3.05) is 13.6 Å². The summed E-state index contributed by atoms with van der Waals surface area (Å²) in [6.45, 7) is 2.19. The van der Waals surface area contributed by atoms with Crippen molar-refractivity contribution in [1.82, 2.24) is 20.2 Å². The highest BCUT2D eigenvalue weighted by Gasteiger charge is 2.01. The number of imidazole rings is 1. The van der Waals surface area contributed by atoms with Crippen LogP contribution in [0.5, 0.6) is 0 Å². The number of guanidine groups is 1. The summed E-state index contributed by atoms with van der Waals surface area (Å²) >= 11 is 0. The van der Waals surface area contributed by atoms with Gasteiger partial charge in [0.15, 0.2) is 5.96 Å². The highest BCUT2D eigenvalue weighted by Crippen LogP contribution is 2.06. The first-order valence-corrected chi connectivity index (χ1v) is 8.95. The molecule has 0 amide bonds. The first-order valence-electron chi connectivity index (χ1n) is 8.95. The molecule has 0 aliphatic heterocycles. The van der Waals surface area contributed by atoms with E-state index >= 15 is 0 Å². The van der Waals surface area contributed by atoms with Crippen LogP contribution < -0.4 is 10.6 Å². The van der Waals surface area contributed by atoms with E-state index in [1.165, 1.54) is 17.2 Å². The number of aliphatic imine (C=N–C) groups is 1. The third-order valence-corrected chi connectivity index (χ3v) is 4.23. The molecule has 3 rings (SSSR count). The first kappa shape index (κ1) is 21.9. The predicted octanol–water partition coefficient (Wildman–Crippen LogP) is 3.60. The Balaban J connectivity index is 0.00000280. The van der Waals surface area contributed by atoms with Crippen molar-refractivity contribution >= 4 is 29.9 Å². The van der Waals surface area contributed by atoms with Gasteiger partial charge < -0.3 is 15.2 Å². The maximum atomic E-state index is 13.2. The molecule has 1 heterocycles. The Morgan fingerprint density at radius 2 is 1.86 bits per heavy atom. The monoisotopic (exact) mass is 493 g/mol. The predicted molar refractivity (Wildman–Crippen MR) is 121 cm³/mol. The number of nitrogens with zero attached hydrogens (tertiary/aromatic N) is 3. The molecule has 3 aromatic rings. The molecule has 0 radical (unpaired) electrons.